The summed E-state index contributed by atoms with van der Waals surface area (Å²) >= 11 is 1.80. The number of fused-ring (bicyclic) bond motifs is 1. The van der Waals surface area contributed by atoms with Crippen molar-refractivity contribution in [2.75, 3.05) is 104 Å². The van der Waals surface area contributed by atoms with E-state index in [2.05, 4.69) is 16.0 Å². The van der Waals surface area contributed by atoms with Crippen molar-refractivity contribution in [1.29, 1.82) is 0 Å². The smallest absolute Gasteiger partial charge is 0.407 e. The lowest BCUT2D eigenvalue weighted by Gasteiger charge is -2.39. The molecule has 4 aliphatic heterocycles. The molecular weight excluding hydrogens is 963 g/mol. The fraction of sp³-hybridized carbons (Fsp3) is 0.721. The predicted molar refractivity (Wildman–Crippen MR) is 249 cm³/mol. The highest BCUT2D eigenvalue weighted by molar-refractivity contribution is 8.00. The molecule has 10 N–H and O–H groups in total. The molecule has 9 unspecified atom stereocenters. The molecule has 71 heavy (non-hydrogen) atoms. The van der Waals surface area contributed by atoms with Crippen LogP contribution in [0.15, 0.2) is 18.2 Å². The van der Waals surface area contributed by atoms with Crippen molar-refractivity contribution in [3.63, 3.8) is 0 Å². The minimum atomic E-state index is -1.83. The number of unbranched alkanes of at least 4 members (excludes halogenated alkanes) is 1. The van der Waals surface area contributed by atoms with Crippen molar-refractivity contribution in [2.45, 2.75) is 92.8 Å². The normalized spacial score (nSPS) is 27.0. The van der Waals surface area contributed by atoms with Crippen LogP contribution in [-0.4, -0.2) is 260 Å². The molecule has 0 aromatic heterocycles. The van der Waals surface area contributed by atoms with Crippen LogP contribution in [0.25, 0.3) is 0 Å². The van der Waals surface area contributed by atoms with Gasteiger partial charge in [-0.1, -0.05) is 12.5 Å². The fourth-order valence-electron chi connectivity index (χ4n) is 8.96. The highest BCUT2D eigenvalue weighted by Crippen LogP contribution is 2.34. The number of nitro benzene ring substituents is 1. The first-order valence-corrected chi connectivity index (χ1v) is 24.5. The molecule has 4 amide bonds. The molecule has 0 radical (unpaired) electrons. The Morgan fingerprint density at radius 1 is 0.901 bits per heavy atom. The molecule has 4 heterocycles. The van der Waals surface area contributed by atoms with Crippen molar-refractivity contribution >= 4 is 53.4 Å². The van der Waals surface area contributed by atoms with Crippen LogP contribution in [0.1, 0.15) is 37.7 Å². The van der Waals surface area contributed by atoms with E-state index in [0.29, 0.717) is 12.8 Å². The predicted octanol–water partition coefficient (Wildman–Crippen LogP) is -2.58. The standard InChI is InChI=1S/C43H67N9O18S/c1-47(33(54)5-3-2-4-32-37-28(25-71-32)45-42(64)46-37)10-8-27-19-50(22-36(59)60)15-14-48(20-34(55)56)12-13-49(21-35(57)58)16-17-51(27)11-9-44-43(65)68-24-26-6-7-30(29(18-26)52(66)67)69-41-40(63)39(62)38(61)31(23-53)70-41/h6-7,18,27-28,31-32,37-41,53,61-63H,2-5,8-17,19-25H2,1H3,(H,44,65)(H,55,56)(H,57,58)(H,59,60)(H2,45,46,64). The molecular formula is C43H67N9O18S. The van der Waals surface area contributed by atoms with Gasteiger partial charge in [0.2, 0.25) is 12.2 Å². The highest BCUT2D eigenvalue weighted by atomic mass is 32.2. The SMILES string of the molecule is CN(CCC1CN(CC(=O)O)CCN(CC(=O)O)CCN(CC(=O)O)CCN1CCNC(=O)OCc1ccc(OC2OC(CO)C(O)C(O)C2O)c([N+](=O)[O-])c1)C(=O)CCCCC1SCC2NC(=O)NC21. The number of benzene rings is 1. The number of nitrogens with zero attached hydrogens (tertiary/aromatic N) is 6. The minimum absolute atomic E-state index is 0.0268. The maximum Gasteiger partial charge on any atom is 0.407 e. The number of aliphatic hydroxyl groups excluding tert-OH is 4. The second kappa shape index (κ2) is 27.6. The number of hydrogen-bond donors (Lipinski definition) is 10. The van der Waals surface area contributed by atoms with Gasteiger partial charge in [-0.25, -0.2) is 9.59 Å². The van der Waals surface area contributed by atoms with Crippen LogP contribution >= 0.6 is 11.8 Å². The van der Waals surface area contributed by atoms with E-state index in [1.807, 2.05) is 4.90 Å². The molecule has 4 saturated heterocycles. The van der Waals surface area contributed by atoms with Gasteiger partial charge >= 0.3 is 35.7 Å². The molecule has 0 spiro atoms. The van der Waals surface area contributed by atoms with Crippen molar-refractivity contribution in [2.24, 2.45) is 0 Å². The number of carbonyl (C=O) groups is 6. The van der Waals surface area contributed by atoms with Gasteiger partial charge in [0, 0.05) is 102 Å². The van der Waals surface area contributed by atoms with E-state index in [1.165, 1.54) is 6.07 Å². The Bertz CT molecular complexity index is 1990. The Hall–Kier alpha value is -5.17. The number of thioether (sulfide) groups is 1. The molecule has 5 rings (SSSR count). The van der Waals surface area contributed by atoms with Crippen LogP contribution in [0.4, 0.5) is 15.3 Å². The first kappa shape index (κ1) is 56.7. The molecule has 27 nitrogen and oxygen atoms in total. The number of rotatable bonds is 23. The molecule has 4 fully saturated rings. The number of aliphatic carboxylic acids is 3. The highest BCUT2D eigenvalue weighted by Gasteiger charge is 2.46. The average molecular weight is 1030 g/mol. The van der Waals surface area contributed by atoms with E-state index in [1.54, 1.807) is 38.4 Å². The number of nitro groups is 1. The molecule has 0 bridgehead atoms. The first-order chi connectivity index (χ1) is 33.8. The van der Waals surface area contributed by atoms with Crippen LogP contribution < -0.4 is 20.7 Å². The third-order valence-corrected chi connectivity index (χ3v) is 14.4. The van der Waals surface area contributed by atoms with Gasteiger partial charge in [-0.05, 0) is 30.9 Å². The zero-order valence-electron chi connectivity index (χ0n) is 39.5. The molecule has 398 valence electrons. The summed E-state index contributed by atoms with van der Waals surface area (Å²) < 4.78 is 16.1. The second-order valence-corrected chi connectivity index (χ2v) is 19.3. The first-order valence-electron chi connectivity index (χ1n) is 23.5. The zero-order valence-corrected chi connectivity index (χ0v) is 40.3. The summed E-state index contributed by atoms with van der Waals surface area (Å²) in [5.41, 5.74) is -0.451. The molecule has 4 aliphatic rings. The number of hydrogen-bond acceptors (Lipinski definition) is 20. The summed E-state index contributed by atoms with van der Waals surface area (Å²) in [5.74, 6) is -2.97. The van der Waals surface area contributed by atoms with E-state index in [0.717, 1.165) is 30.7 Å². The summed E-state index contributed by atoms with van der Waals surface area (Å²) in [6.45, 7) is -0.610. The maximum absolute atomic E-state index is 13.4. The monoisotopic (exact) mass is 1030 g/mol. The van der Waals surface area contributed by atoms with E-state index >= 15 is 0 Å². The summed E-state index contributed by atoms with van der Waals surface area (Å²) in [6.07, 6.45) is -6.33. The fourth-order valence-corrected chi connectivity index (χ4v) is 10.5. The van der Waals surface area contributed by atoms with Gasteiger partial charge in [0.15, 0.2) is 5.75 Å². The summed E-state index contributed by atoms with van der Waals surface area (Å²) in [6, 6.07) is 3.10. The zero-order chi connectivity index (χ0) is 51.8. The second-order valence-electron chi connectivity index (χ2n) is 18.0. The lowest BCUT2D eigenvalue weighted by molar-refractivity contribution is -0.387. The molecule has 9 atom stereocenters. The topological polar surface area (TPSA) is 367 Å². The molecule has 1 aromatic carbocycles. The lowest BCUT2D eigenvalue weighted by Crippen LogP contribution is -2.60. The number of ether oxygens (including phenoxy) is 3. The van der Waals surface area contributed by atoms with E-state index < -0.39 is 90.3 Å². The van der Waals surface area contributed by atoms with Gasteiger partial charge in [-0.15, -0.1) is 0 Å². The average Bonchev–Trinajstić information content (AvgIpc) is 3.88. The van der Waals surface area contributed by atoms with Crippen LogP contribution in [0.3, 0.4) is 0 Å². The van der Waals surface area contributed by atoms with Crippen molar-refractivity contribution < 1.29 is 83.6 Å². The van der Waals surface area contributed by atoms with E-state index in [9.17, 15) is 74.6 Å². The third kappa shape index (κ3) is 17.5. The van der Waals surface area contributed by atoms with Gasteiger partial charge in [-0.2, -0.15) is 11.8 Å². The van der Waals surface area contributed by atoms with Crippen LogP contribution in [0.2, 0.25) is 0 Å². The number of carbonyl (C=O) groups excluding carboxylic acids is 3. The van der Waals surface area contributed by atoms with Crippen molar-refractivity contribution in [3.8, 4) is 5.75 Å². The van der Waals surface area contributed by atoms with Gasteiger partial charge in [0.05, 0.1) is 43.2 Å². The van der Waals surface area contributed by atoms with Gasteiger partial charge in [0.1, 0.15) is 31.0 Å². The molecule has 28 heteroatoms. The summed E-state index contributed by atoms with van der Waals surface area (Å²) in [4.78, 5) is 93.9. The number of aliphatic hydroxyl groups is 4. The van der Waals surface area contributed by atoms with Crippen LogP contribution in [0.5, 0.6) is 5.75 Å². The Balaban J connectivity index is 1.24. The Morgan fingerprint density at radius 3 is 2.20 bits per heavy atom. The number of nitrogens with one attached hydrogen (secondary N) is 3. The molecule has 1 aromatic rings. The van der Waals surface area contributed by atoms with Gasteiger partial charge in [0.25, 0.3) is 0 Å². The van der Waals surface area contributed by atoms with E-state index in [4.69, 9.17) is 14.2 Å². The number of carboxylic acid groups (broad SMARTS) is 3. The van der Waals surface area contributed by atoms with Crippen molar-refractivity contribution in [3.05, 3.63) is 33.9 Å². The summed E-state index contributed by atoms with van der Waals surface area (Å²) in [7, 11) is 1.68. The number of amides is 4. The largest absolute Gasteiger partial charge is 0.480 e. The summed E-state index contributed by atoms with van der Waals surface area (Å²) in [5, 5.41) is 90.1. The van der Waals surface area contributed by atoms with Crippen LogP contribution in [0, 0.1) is 10.1 Å². The molecule has 0 aliphatic carbocycles. The van der Waals surface area contributed by atoms with Crippen LogP contribution in [-0.2, 0) is 35.3 Å². The molecule has 0 saturated carbocycles. The number of alkyl carbamates (subject to hydrolysis) is 1. The third-order valence-electron chi connectivity index (χ3n) is 12.9. The minimum Gasteiger partial charge on any atom is -0.480 e. The Kier molecular flexibility index (Phi) is 22.1. The Morgan fingerprint density at radius 2 is 1.55 bits per heavy atom. The Labute approximate surface area is 413 Å². The lowest BCUT2D eigenvalue weighted by atomic mass is 9.99. The van der Waals surface area contributed by atoms with E-state index in [-0.39, 0.29) is 126 Å². The quantitative estimate of drug-likeness (QED) is 0.0233. The maximum atomic E-state index is 13.4. The number of urea groups is 1. The van der Waals surface area contributed by atoms with Gasteiger partial charge in [-0.3, -0.25) is 48.9 Å². The van der Waals surface area contributed by atoms with Gasteiger partial charge < -0.3 is 70.8 Å². The van der Waals surface area contributed by atoms with Crippen molar-refractivity contribution in [1.82, 2.24) is 40.4 Å². The number of carboxylic acids is 3.